The van der Waals surface area contributed by atoms with E-state index in [1.54, 1.807) is 24.2 Å². The molecule has 0 radical (unpaired) electrons. The number of carbonyl (C=O) groups is 1. The maximum atomic E-state index is 12.3. The van der Waals surface area contributed by atoms with E-state index in [0.29, 0.717) is 12.5 Å². The quantitative estimate of drug-likeness (QED) is 0.846. The molecule has 0 spiro atoms. The van der Waals surface area contributed by atoms with Crippen molar-refractivity contribution < 1.29 is 14.6 Å². The van der Waals surface area contributed by atoms with Crippen LogP contribution in [-0.4, -0.2) is 42.2 Å². The number of rotatable bonds is 4. The predicted molar refractivity (Wildman–Crippen MR) is 86.1 cm³/mol. The van der Waals surface area contributed by atoms with Gasteiger partial charge in [0.1, 0.15) is 5.75 Å². The fourth-order valence-corrected chi connectivity index (χ4v) is 3.03. The van der Waals surface area contributed by atoms with Gasteiger partial charge in [-0.25, -0.2) is 0 Å². The summed E-state index contributed by atoms with van der Waals surface area (Å²) >= 11 is 3.41. The van der Waals surface area contributed by atoms with Crippen molar-refractivity contribution in [3.8, 4) is 5.75 Å². The van der Waals surface area contributed by atoms with E-state index in [1.165, 1.54) is 0 Å². The van der Waals surface area contributed by atoms with Gasteiger partial charge in [0.25, 0.3) is 0 Å². The number of amides is 1. The van der Waals surface area contributed by atoms with Crippen LogP contribution < -0.4 is 4.74 Å². The minimum Gasteiger partial charge on any atom is -0.496 e. The van der Waals surface area contributed by atoms with Crippen LogP contribution in [0.25, 0.3) is 6.08 Å². The zero-order valence-corrected chi connectivity index (χ0v) is 13.8. The molecule has 1 fully saturated rings. The van der Waals surface area contributed by atoms with E-state index in [2.05, 4.69) is 22.9 Å². The maximum absolute atomic E-state index is 12.3. The Labute approximate surface area is 133 Å². The average molecular weight is 354 g/mol. The monoisotopic (exact) mass is 353 g/mol. The molecule has 1 N–H and O–H groups in total. The number of hydrogen-bond acceptors (Lipinski definition) is 3. The van der Waals surface area contributed by atoms with Gasteiger partial charge in [0.2, 0.25) is 5.91 Å². The molecular formula is C16H20BrNO3. The third kappa shape index (κ3) is 3.66. The van der Waals surface area contributed by atoms with E-state index in [0.717, 1.165) is 22.2 Å². The second-order valence-corrected chi connectivity index (χ2v) is 6.18. The van der Waals surface area contributed by atoms with Gasteiger partial charge >= 0.3 is 0 Å². The van der Waals surface area contributed by atoms with Crippen molar-refractivity contribution in [1.82, 2.24) is 4.90 Å². The molecule has 1 aliphatic heterocycles. The Bertz CT molecular complexity index is 544. The van der Waals surface area contributed by atoms with Crippen LogP contribution in [0.1, 0.15) is 18.9 Å². The molecule has 4 nitrogen and oxygen atoms in total. The largest absolute Gasteiger partial charge is 0.496 e. The van der Waals surface area contributed by atoms with Crippen LogP contribution in [-0.2, 0) is 4.79 Å². The van der Waals surface area contributed by atoms with E-state index < -0.39 is 0 Å². The molecule has 1 aliphatic rings. The average Bonchev–Trinajstić information content (AvgIpc) is 2.85. The summed E-state index contributed by atoms with van der Waals surface area (Å²) in [6.07, 6.45) is 4.24. The Morgan fingerprint density at radius 2 is 2.33 bits per heavy atom. The maximum Gasteiger partial charge on any atom is 0.246 e. The van der Waals surface area contributed by atoms with Gasteiger partial charge in [-0.3, -0.25) is 4.79 Å². The van der Waals surface area contributed by atoms with Crippen molar-refractivity contribution in [3.63, 3.8) is 0 Å². The number of likely N-dealkylation sites (tertiary alicyclic amines) is 1. The number of aliphatic hydroxyl groups excluding tert-OH is 1. The zero-order chi connectivity index (χ0) is 15.4. The first-order valence-corrected chi connectivity index (χ1v) is 7.79. The topological polar surface area (TPSA) is 49.8 Å². The molecule has 1 saturated heterocycles. The molecule has 0 aliphatic carbocycles. The van der Waals surface area contributed by atoms with Crippen LogP contribution in [0.3, 0.4) is 0 Å². The molecule has 0 aromatic heterocycles. The third-order valence-electron chi connectivity index (χ3n) is 3.95. The molecule has 1 heterocycles. The van der Waals surface area contributed by atoms with Gasteiger partial charge in [-0.15, -0.1) is 0 Å². The SMILES string of the molecule is COc1ccc(Br)cc1/C=C/C(=O)N1CCC(C)C1CO. The van der Waals surface area contributed by atoms with Crippen molar-refractivity contribution in [2.45, 2.75) is 19.4 Å². The Hall–Kier alpha value is -1.33. The van der Waals surface area contributed by atoms with E-state index in [1.807, 2.05) is 18.2 Å². The zero-order valence-electron chi connectivity index (χ0n) is 12.3. The second kappa shape index (κ2) is 7.09. The number of carbonyl (C=O) groups excluding carboxylic acids is 1. The van der Waals surface area contributed by atoms with Gasteiger partial charge in [-0.2, -0.15) is 0 Å². The minimum absolute atomic E-state index is 0.0148. The number of ether oxygens (including phenoxy) is 1. The molecule has 0 bridgehead atoms. The van der Waals surface area contributed by atoms with Gasteiger partial charge in [-0.05, 0) is 36.6 Å². The minimum atomic E-state index is -0.0773. The first kappa shape index (κ1) is 16.0. The summed E-state index contributed by atoms with van der Waals surface area (Å²) in [6.45, 7) is 2.78. The lowest BCUT2D eigenvalue weighted by molar-refractivity contribution is -0.127. The molecule has 2 atom stereocenters. The summed E-state index contributed by atoms with van der Waals surface area (Å²) < 4.78 is 6.21. The molecule has 5 heteroatoms. The number of benzene rings is 1. The van der Waals surface area contributed by atoms with Crippen molar-refractivity contribution in [1.29, 1.82) is 0 Å². The van der Waals surface area contributed by atoms with Crippen LogP contribution in [0.4, 0.5) is 0 Å². The number of nitrogens with zero attached hydrogens (tertiary/aromatic N) is 1. The molecule has 1 amide bonds. The van der Waals surface area contributed by atoms with Gasteiger partial charge in [0.05, 0.1) is 19.8 Å². The van der Waals surface area contributed by atoms with Gasteiger partial charge in [0, 0.05) is 22.7 Å². The highest BCUT2D eigenvalue weighted by atomic mass is 79.9. The molecule has 1 aromatic rings. The third-order valence-corrected chi connectivity index (χ3v) is 4.44. The first-order chi connectivity index (χ1) is 10.1. The van der Waals surface area contributed by atoms with Crippen LogP contribution in [0.5, 0.6) is 5.75 Å². The van der Waals surface area contributed by atoms with Gasteiger partial charge in [-0.1, -0.05) is 22.9 Å². The normalized spacial score (nSPS) is 22.0. The Morgan fingerprint density at radius 3 is 3.00 bits per heavy atom. The smallest absolute Gasteiger partial charge is 0.246 e. The molecule has 114 valence electrons. The highest BCUT2D eigenvalue weighted by Crippen LogP contribution is 2.26. The van der Waals surface area contributed by atoms with Crippen LogP contribution in [0.15, 0.2) is 28.7 Å². The van der Waals surface area contributed by atoms with E-state index in [-0.39, 0.29) is 18.6 Å². The summed E-state index contributed by atoms with van der Waals surface area (Å²) in [7, 11) is 1.60. The Morgan fingerprint density at radius 1 is 1.57 bits per heavy atom. The summed E-state index contributed by atoms with van der Waals surface area (Å²) in [5, 5.41) is 9.42. The molecule has 21 heavy (non-hydrogen) atoms. The van der Waals surface area contributed by atoms with Crippen LogP contribution in [0.2, 0.25) is 0 Å². The Kier molecular flexibility index (Phi) is 5.42. The summed E-state index contributed by atoms with van der Waals surface area (Å²) in [4.78, 5) is 14.0. The van der Waals surface area contributed by atoms with Crippen LogP contribution >= 0.6 is 15.9 Å². The van der Waals surface area contributed by atoms with Crippen molar-refractivity contribution in [3.05, 3.63) is 34.3 Å². The molecule has 2 rings (SSSR count). The molecular weight excluding hydrogens is 334 g/mol. The fraction of sp³-hybridized carbons (Fsp3) is 0.438. The van der Waals surface area contributed by atoms with Crippen molar-refractivity contribution in [2.75, 3.05) is 20.3 Å². The van der Waals surface area contributed by atoms with Crippen molar-refractivity contribution >= 4 is 27.9 Å². The number of methoxy groups -OCH3 is 1. The molecule has 1 aromatic carbocycles. The predicted octanol–water partition coefficient (Wildman–Crippen LogP) is 2.70. The summed E-state index contributed by atoms with van der Waals surface area (Å²) in [5.74, 6) is 0.990. The van der Waals surface area contributed by atoms with E-state index in [4.69, 9.17) is 4.74 Å². The Balaban J connectivity index is 2.14. The molecule has 0 saturated carbocycles. The summed E-state index contributed by atoms with van der Waals surface area (Å²) in [5.41, 5.74) is 0.841. The van der Waals surface area contributed by atoms with Crippen molar-refractivity contribution in [2.24, 2.45) is 5.92 Å². The number of halogens is 1. The lowest BCUT2D eigenvalue weighted by Gasteiger charge is -2.23. The van der Waals surface area contributed by atoms with Crippen LogP contribution in [0, 0.1) is 5.92 Å². The summed E-state index contributed by atoms with van der Waals surface area (Å²) in [6, 6.07) is 5.56. The first-order valence-electron chi connectivity index (χ1n) is 7.00. The standard InChI is InChI=1S/C16H20BrNO3/c1-11-7-8-18(14(11)10-19)16(20)6-3-12-9-13(17)4-5-15(12)21-2/h3-6,9,11,14,19H,7-8,10H2,1-2H3/b6-3+. The van der Waals surface area contributed by atoms with Gasteiger partial charge in [0.15, 0.2) is 0 Å². The molecule has 2 unspecified atom stereocenters. The highest BCUT2D eigenvalue weighted by molar-refractivity contribution is 9.10. The second-order valence-electron chi connectivity index (χ2n) is 5.27. The highest BCUT2D eigenvalue weighted by Gasteiger charge is 2.32. The number of hydrogen-bond donors (Lipinski definition) is 1. The lowest BCUT2D eigenvalue weighted by Crippen LogP contribution is -2.38. The van der Waals surface area contributed by atoms with Gasteiger partial charge < -0.3 is 14.7 Å². The lowest BCUT2D eigenvalue weighted by atomic mass is 10.0. The fourth-order valence-electron chi connectivity index (χ4n) is 2.65. The number of aliphatic hydroxyl groups is 1. The van der Waals surface area contributed by atoms with E-state index in [9.17, 15) is 9.90 Å². The van der Waals surface area contributed by atoms with E-state index >= 15 is 0 Å².